The first kappa shape index (κ1) is 15.0. The van der Waals surface area contributed by atoms with E-state index in [4.69, 9.17) is 11.6 Å². The molecule has 108 valence electrons. The molecule has 2 aromatic rings. The highest BCUT2D eigenvalue weighted by Crippen LogP contribution is 2.28. The molecule has 0 atom stereocenters. The molecule has 0 aliphatic heterocycles. The molecular formula is C15H13ClN2O3. The van der Waals surface area contributed by atoms with Crippen LogP contribution in [0.2, 0.25) is 5.02 Å². The summed E-state index contributed by atoms with van der Waals surface area (Å²) in [5.74, 6) is -0.523. The lowest BCUT2D eigenvalue weighted by atomic mass is 10.1. The van der Waals surface area contributed by atoms with Crippen LogP contribution in [0.15, 0.2) is 42.5 Å². The molecule has 0 fully saturated rings. The number of carbonyl (C=O) groups excluding carboxylic acids is 1. The van der Waals surface area contributed by atoms with Crippen LogP contribution in [0.25, 0.3) is 0 Å². The number of para-hydroxylation sites is 1. The Morgan fingerprint density at radius 2 is 1.90 bits per heavy atom. The lowest BCUT2D eigenvalue weighted by Crippen LogP contribution is -2.23. The van der Waals surface area contributed by atoms with Crippen LogP contribution in [-0.2, 0) is 6.54 Å². The summed E-state index contributed by atoms with van der Waals surface area (Å²) in [4.78, 5) is 22.4. The Bertz CT molecular complexity index is 684. The van der Waals surface area contributed by atoms with Gasteiger partial charge in [-0.05, 0) is 24.6 Å². The third-order valence-electron chi connectivity index (χ3n) is 2.99. The van der Waals surface area contributed by atoms with E-state index < -0.39 is 10.8 Å². The number of rotatable bonds is 4. The van der Waals surface area contributed by atoms with Gasteiger partial charge in [-0.2, -0.15) is 0 Å². The SMILES string of the molecule is Cc1ccc(CNC(=O)c2cccc(Cl)c2[N+](=O)[O-])cc1. The summed E-state index contributed by atoms with van der Waals surface area (Å²) < 4.78 is 0. The highest BCUT2D eigenvalue weighted by atomic mass is 35.5. The number of amides is 1. The van der Waals surface area contributed by atoms with Crippen LogP contribution >= 0.6 is 11.6 Å². The van der Waals surface area contributed by atoms with E-state index in [0.717, 1.165) is 11.1 Å². The second-order valence-corrected chi connectivity index (χ2v) is 4.97. The molecule has 0 radical (unpaired) electrons. The standard InChI is InChI=1S/C15H13ClN2O3/c1-10-5-7-11(8-6-10)9-17-15(19)12-3-2-4-13(16)14(12)18(20)21/h2-8H,9H2,1H3,(H,17,19). The second kappa shape index (κ2) is 6.37. The van der Waals surface area contributed by atoms with Gasteiger partial charge in [0.1, 0.15) is 10.6 Å². The van der Waals surface area contributed by atoms with Gasteiger partial charge in [0, 0.05) is 6.54 Å². The highest BCUT2D eigenvalue weighted by Gasteiger charge is 2.23. The molecule has 5 nitrogen and oxygen atoms in total. The first-order valence-electron chi connectivity index (χ1n) is 6.25. The Labute approximate surface area is 126 Å². The number of nitro benzene ring substituents is 1. The highest BCUT2D eigenvalue weighted by molar-refractivity contribution is 6.33. The number of halogens is 1. The predicted octanol–water partition coefficient (Wildman–Crippen LogP) is 3.49. The zero-order valence-corrected chi connectivity index (χ0v) is 12.1. The molecule has 2 aromatic carbocycles. The Morgan fingerprint density at radius 1 is 1.24 bits per heavy atom. The number of aryl methyl sites for hydroxylation is 1. The molecule has 2 rings (SSSR count). The molecular weight excluding hydrogens is 292 g/mol. The Hall–Kier alpha value is -2.40. The lowest BCUT2D eigenvalue weighted by Gasteiger charge is -2.07. The molecule has 0 aromatic heterocycles. The maximum atomic E-state index is 12.1. The van der Waals surface area contributed by atoms with E-state index in [2.05, 4.69) is 5.32 Å². The summed E-state index contributed by atoms with van der Waals surface area (Å²) in [6.07, 6.45) is 0. The maximum Gasteiger partial charge on any atom is 0.300 e. The van der Waals surface area contributed by atoms with Crippen LogP contribution in [0, 0.1) is 17.0 Å². The first-order chi connectivity index (χ1) is 9.99. The zero-order valence-electron chi connectivity index (χ0n) is 11.3. The number of hydrogen-bond donors (Lipinski definition) is 1. The zero-order chi connectivity index (χ0) is 15.4. The lowest BCUT2D eigenvalue weighted by molar-refractivity contribution is -0.385. The number of hydrogen-bond acceptors (Lipinski definition) is 3. The maximum absolute atomic E-state index is 12.1. The van der Waals surface area contributed by atoms with Gasteiger partial charge in [-0.25, -0.2) is 0 Å². The first-order valence-corrected chi connectivity index (χ1v) is 6.63. The predicted molar refractivity (Wildman–Crippen MR) is 80.5 cm³/mol. The minimum absolute atomic E-state index is 0.0420. The summed E-state index contributed by atoms with van der Waals surface area (Å²) in [6, 6.07) is 11.9. The average molecular weight is 305 g/mol. The number of nitro groups is 1. The van der Waals surface area contributed by atoms with Crippen molar-refractivity contribution in [1.29, 1.82) is 0 Å². The minimum Gasteiger partial charge on any atom is -0.348 e. The van der Waals surface area contributed by atoms with Crippen molar-refractivity contribution in [1.82, 2.24) is 5.32 Å². The van der Waals surface area contributed by atoms with Crippen molar-refractivity contribution >= 4 is 23.2 Å². The van der Waals surface area contributed by atoms with E-state index in [0.29, 0.717) is 6.54 Å². The number of carbonyl (C=O) groups is 1. The van der Waals surface area contributed by atoms with Gasteiger partial charge in [0.25, 0.3) is 5.91 Å². The van der Waals surface area contributed by atoms with Crippen molar-refractivity contribution < 1.29 is 9.72 Å². The number of nitrogens with zero attached hydrogens (tertiary/aromatic N) is 1. The molecule has 1 N–H and O–H groups in total. The Morgan fingerprint density at radius 3 is 2.52 bits per heavy atom. The van der Waals surface area contributed by atoms with Crippen LogP contribution in [0.5, 0.6) is 0 Å². The van der Waals surface area contributed by atoms with E-state index >= 15 is 0 Å². The Kier molecular flexibility index (Phi) is 4.55. The Balaban J connectivity index is 2.16. The van der Waals surface area contributed by atoms with Gasteiger partial charge >= 0.3 is 5.69 Å². The second-order valence-electron chi connectivity index (χ2n) is 4.56. The molecule has 0 unspecified atom stereocenters. The topological polar surface area (TPSA) is 72.2 Å². The molecule has 0 aliphatic rings. The van der Waals surface area contributed by atoms with Crippen LogP contribution in [-0.4, -0.2) is 10.8 Å². The van der Waals surface area contributed by atoms with Gasteiger partial charge in [0.15, 0.2) is 0 Å². The minimum atomic E-state index is -0.650. The van der Waals surface area contributed by atoms with Gasteiger partial charge in [-0.3, -0.25) is 14.9 Å². The summed E-state index contributed by atoms with van der Waals surface area (Å²) in [7, 11) is 0. The smallest absolute Gasteiger partial charge is 0.300 e. The summed E-state index contributed by atoms with van der Waals surface area (Å²) in [5.41, 5.74) is 1.62. The van der Waals surface area contributed by atoms with Crippen LogP contribution in [0.3, 0.4) is 0 Å². The molecule has 6 heteroatoms. The third-order valence-corrected chi connectivity index (χ3v) is 3.29. The summed E-state index contributed by atoms with van der Waals surface area (Å²) in [5, 5.41) is 13.6. The fourth-order valence-corrected chi connectivity index (χ4v) is 2.11. The fraction of sp³-hybridized carbons (Fsp3) is 0.133. The molecule has 1 amide bonds. The van der Waals surface area contributed by atoms with Gasteiger partial charge < -0.3 is 5.32 Å². The van der Waals surface area contributed by atoms with Crippen molar-refractivity contribution in [3.63, 3.8) is 0 Å². The average Bonchev–Trinajstić information content (AvgIpc) is 2.45. The third kappa shape index (κ3) is 3.58. The van der Waals surface area contributed by atoms with Crippen molar-refractivity contribution in [2.75, 3.05) is 0 Å². The van der Waals surface area contributed by atoms with E-state index in [9.17, 15) is 14.9 Å². The summed E-state index contributed by atoms with van der Waals surface area (Å²) in [6.45, 7) is 2.26. The van der Waals surface area contributed by atoms with Crippen LogP contribution < -0.4 is 5.32 Å². The normalized spacial score (nSPS) is 10.2. The van der Waals surface area contributed by atoms with Gasteiger partial charge in [0.2, 0.25) is 0 Å². The van der Waals surface area contributed by atoms with Crippen molar-refractivity contribution in [2.45, 2.75) is 13.5 Å². The van der Waals surface area contributed by atoms with Crippen LogP contribution in [0.1, 0.15) is 21.5 Å². The van der Waals surface area contributed by atoms with Gasteiger partial charge in [0.05, 0.1) is 4.92 Å². The van der Waals surface area contributed by atoms with Crippen molar-refractivity contribution in [3.05, 3.63) is 74.3 Å². The molecule has 0 bridgehead atoms. The monoisotopic (exact) mass is 304 g/mol. The number of benzene rings is 2. The van der Waals surface area contributed by atoms with Gasteiger partial charge in [-0.15, -0.1) is 0 Å². The van der Waals surface area contributed by atoms with E-state index in [1.165, 1.54) is 18.2 Å². The van der Waals surface area contributed by atoms with Crippen molar-refractivity contribution in [3.8, 4) is 0 Å². The quantitative estimate of drug-likeness (QED) is 0.694. The van der Waals surface area contributed by atoms with Crippen LogP contribution in [0.4, 0.5) is 5.69 Å². The number of nitrogens with one attached hydrogen (secondary N) is 1. The molecule has 0 saturated heterocycles. The van der Waals surface area contributed by atoms with E-state index in [-0.39, 0.29) is 16.3 Å². The van der Waals surface area contributed by atoms with E-state index in [1.54, 1.807) is 0 Å². The fourth-order valence-electron chi connectivity index (χ4n) is 1.87. The van der Waals surface area contributed by atoms with Gasteiger partial charge in [-0.1, -0.05) is 47.5 Å². The molecule has 21 heavy (non-hydrogen) atoms. The largest absolute Gasteiger partial charge is 0.348 e. The molecule has 0 saturated carbocycles. The van der Waals surface area contributed by atoms with Crippen molar-refractivity contribution in [2.24, 2.45) is 0 Å². The molecule has 0 heterocycles. The van der Waals surface area contributed by atoms with E-state index in [1.807, 2.05) is 31.2 Å². The molecule has 0 aliphatic carbocycles. The summed E-state index contributed by atoms with van der Waals surface area (Å²) >= 11 is 5.78. The molecule has 0 spiro atoms.